The van der Waals surface area contributed by atoms with E-state index in [-0.39, 0.29) is 11.1 Å². The van der Waals surface area contributed by atoms with Crippen LogP contribution >= 0.6 is 0 Å². The summed E-state index contributed by atoms with van der Waals surface area (Å²) in [5, 5.41) is 14.9. The van der Waals surface area contributed by atoms with Crippen molar-refractivity contribution in [3.63, 3.8) is 0 Å². The van der Waals surface area contributed by atoms with Gasteiger partial charge in [-0.05, 0) is 67.3 Å². The van der Waals surface area contributed by atoms with Gasteiger partial charge in [0, 0.05) is 29.8 Å². The molecule has 0 amide bonds. The Morgan fingerprint density at radius 1 is 1.09 bits per heavy atom. The molecule has 0 unspecified atom stereocenters. The van der Waals surface area contributed by atoms with Crippen LogP contribution in [-0.4, -0.2) is 19.9 Å². The third-order valence-corrected chi connectivity index (χ3v) is 5.58. The summed E-state index contributed by atoms with van der Waals surface area (Å²) in [6.45, 7) is 5.18. The van der Waals surface area contributed by atoms with Gasteiger partial charge < -0.3 is 10.3 Å². The second-order valence-corrected chi connectivity index (χ2v) is 8.18. The average molecular weight is 483 g/mol. The zero-order valence-electron chi connectivity index (χ0n) is 18.9. The van der Waals surface area contributed by atoms with Gasteiger partial charge in [0.2, 0.25) is 5.56 Å². The maximum absolute atomic E-state index is 13.3. The molecule has 2 aromatic carbocycles. The molecule has 4 rings (SSSR count). The number of nitro groups is 1. The first-order valence-corrected chi connectivity index (χ1v) is 10.5. The third kappa shape index (κ3) is 4.98. The third-order valence-electron chi connectivity index (χ3n) is 5.58. The molecule has 0 saturated carbocycles. The molecule has 4 aromatic rings. The number of benzene rings is 2. The quantitative estimate of drug-likeness (QED) is 0.278. The van der Waals surface area contributed by atoms with E-state index >= 15 is 0 Å². The van der Waals surface area contributed by atoms with Crippen LogP contribution in [0.15, 0.2) is 53.5 Å². The molecule has 0 saturated heterocycles. The maximum Gasteiger partial charge on any atom is 0.416 e. The number of non-ortho nitro benzene ring substituents is 1. The molecular weight excluding hydrogens is 463 g/mol. The van der Waals surface area contributed by atoms with Gasteiger partial charge in [0.15, 0.2) is 0 Å². The van der Waals surface area contributed by atoms with Gasteiger partial charge >= 0.3 is 6.18 Å². The van der Waals surface area contributed by atoms with Crippen LogP contribution in [0.3, 0.4) is 0 Å². The van der Waals surface area contributed by atoms with Crippen LogP contribution in [0, 0.1) is 24.0 Å². The van der Waals surface area contributed by atoms with Crippen molar-refractivity contribution in [3.05, 3.63) is 91.6 Å². The maximum atomic E-state index is 13.3. The van der Waals surface area contributed by atoms with Crippen LogP contribution < -0.4 is 10.9 Å². The van der Waals surface area contributed by atoms with Crippen molar-refractivity contribution in [2.45, 2.75) is 33.0 Å². The highest BCUT2D eigenvalue weighted by Gasteiger charge is 2.33. The number of H-pyrrole nitrogens is 1. The van der Waals surface area contributed by atoms with Crippen molar-refractivity contribution in [2.24, 2.45) is 0 Å². The lowest BCUT2D eigenvalue weighted by Crippen LogP contribution is -2.13. The number of aromatic amines is 1. The van der Waals surface area contributed by atoms with E-state index in [0.29, 0.717) is 28.6 Å². The Morgan fingerprint density at radius 2 is 1.83 bits per heavy atom. The molecule has 180 valence electrons. The first-order valence-electron chi connectivity index (χ1n) is 10.5. The SMILES string of the molecule is Cc1nc(N[C@H](C)c2cc([N+](=O)[O-])cc(C(F)(F)F)c2)c2cc(-c3ccc(=O)[nH]c3)c(C)cc2n1. The minimum Gasteiger partial charge on any atom is -0.363 e. The first kappa shape index (κ1) is 23.9. The van der Waals surface area contributed by atoms with Gasteiger partial charge in [0.1, 0.15) is 11.6 Å². The smallest absolute Gasteiger partial charge is 0.363 e. The molecule has 2 aromatic heterocycles. The van der Waals surface area contributed by atoms with Gasteiger partial charge in [-0.3, -0.25) is 14.9 Å². The van der Waals surface area contributed by atoms with E-state index in [1.165, 1.54) is 6.07 Å². The lowest BCUT2D eigenvalue weighted by molar-refractivity contribution is -0.385. The van der Waals surface area contributed by atoms with Gasteiger partial charge in [0.05, 0.1) is 22.0 Å². The average Bonchev–Trinajstić information content (AvgIpc) is 2.78. The van der Waals surface area contributed by atoms with Crippen molar-refractivity contribution in [3.8, 4) is 11.1 Å². The molecule has 2 heterocycles. The van der Waals surface area contributed by atoms with Gasteiger partial charge in [-0.2, -0.15) is 13.2 Å². The molecule has 8 nitrogen and oxygen atoms in total. The number of hydrogen-bond acceptors (Lipinski definition) is 6. The van der Waals surface area contributed by atoms with E-state index in [0.717, 1.165) is 28.8 Å². The fourth-order valence-electron chi connectivity index (χ4n) is 3.84. The minimum atomic E-state index is -4.73. The summed E-state index contributed by atoms with van der Waals surface area (Å²) in [5.74, 6) is 0.809. The van der Waals surface area contributed by atoms with E-state index in [9.17, 15) is 28.1 Å². The molecule has 0 aliphatic rings. The number of aromatic nitrogens is 3. The molecule has 2 N–H and O–H groups in total. The molecule has 0 bridgehead atoms. The van der Waals surface area contributed by atoms with Crippen molar-refractivity contribution >= 4 is 22.4 Å². The highest BCUT2D eigenvalue weighted by molar-refractivity contribution is 5.94. The fraction of sp³-hybridized carbons (Fsp3) is 0.208. The van der Waals surface area contributed by atoms with Crippen LogP contribution in [0.5, 0.6) is 0 Å². The lowest BCUT2D eigenvalue weighted by Gasteiger charge is -2.19. The Labute approximate surface area is 197 Å². The van der Waals surface area contributed by atoms with Crippen molar-refractivity contribution < 1.29 is 18.1 Å². The summed E-state index contributed by atoms with van der Waals surface area (Å²) in [6, 6.07) is 8.55. The van der Waals surface area contributed by atoms with Crippen molar-refractivity contribution in [1.82, 2.24) is 15.0 Å². The summed E-state index contributed by atoms with van der Waals surface area (Å²) in [5.41, 5.74) is 1.19. The van der Waals surface area contributed by atoms with E-state index < -0.39 is 28.4 Å². The van der Waals surface area contributed by atoms with Crippen LogP contribution in [0.1, 0.15) is 35.5 Å². The Kier molecular flexibility index (Phi) is 6.01. The Balaban J connectivity index is 1.81. The predicted molar refractivity (Wildman–Crippen MR) is 125 cm³/mol. The number of alkyl halides is 3. The fourth-order valence-corrected chi connectivity index (χ4v) is 3.84. The standard InChI is InChI=1S/C24H20F3N5O3/c1-12-6-21-20(10-19(12)15-4-5-22(33)28-11-15)23(31-14(3)30-21)29-13(2)16-7-17(24(25,26)27)9-18(8-16)32(34)35/h4-11,13H,1-3H3,(H,28,33)(H,29,30,31)/t13-/m1/s1. The zero-order valence-corrected chi connectivity index (χ0v) is 18.9. The van der Waals surface area contributed by atoms with Crippen LogP contribution in [0.25, 0.3) is 22.0 Å². The highest BCUT2D eigenvalue weighted by Crippen LogP contribution is 2.36. The number of pyridine rings is 1. The Morgan fingerprint density at radius 3 is 2.46 bits per heavy atom. The molecule has 0 radical (unpaired) electrons. The summed E-state index contributed by atoms with van der Waals surface area (Å²) in [6.07, 6.45) is -3.15. The molecule has 0 aliphatic heterocycles. The number of anilines is 1. The monoisotopic (exact) mass is 483 g/mol. The number of rotatable bonds is 5. The largest absolute Gasteiger partial charge is 0.416 e. The first-order chi connectivity index (χ1) is 16.4. The normalized spacial score (nSPS) is 12.5. The van der Waals surface area contributed by atoms with Gasteiger partial charge in [-0.15, -0.1) is 0 Å². The molecular formula is C24H20F3N5O3. The van der Waals surface area contributed by atoms with Crippen LogP contribution in [0.4, 0.5) is 24.7 Å². The molecule has 1 atom stereocenters. The number of halogens is 3. The van der Waals surface area contributed by atoms with Gasteiger partial charge in [-0.25, -0.2) is 9.97 Å². The summed E-state index contributed by atoms with van der Waals surface area (Å²) >= 11 is 0. The number of nitrogens with one attached hydrogen (secondary N) is 2. The number of nitro benzene ring substituents is 1. The zero-order chi connectivity index (χ0) is 25.5. The minimum absolute atomic E-state index is 0.0870. The number of aryl methyl sites for hydroxylation is 2. The number of fused-ring (bicyclic) bond motifs is 1. The molecule has 0 spiro atoms. The summed E-state index contributed by atoms with van der Waals surface area (Å²) < 4.78 is 40.0. The van der Waals surface area contributed by atoms with E-state index in [2.05, 4.69) is 20.3 Å². The van der Waals surface area contributed by atoms with Crippen molar-refractivity contribution in [2.75, 3.05) is 5.32 Å². The molecule has 11 heteroatoms. The Bertz CT molecular complexity index is 1490. The van der Waals surface area contributed by atoms with Gasteiger partial charge in [-0.1, -0.05) is 0 Å². The second kappa shape index (κ2) is 8.82. The molecule has 35 heavy (non-hydrogen) atoms. The predicted octanol–water partition coefficient (Wildman–Crippen LogP) is 5.70. The van der Waals surface area contributed by atoms with Crippen LogP contribution in [-0.2, 0) is 6.18 Å². The summed E-state index contributed by atoms with van der Waals surface area (Å²) in [4.78, 5) is 33.4. The molecule has 0 aliphatic carbocycles. The van der Waals surface area contributed by atoms with Crippen molar-refractivity contribution in [1.29, 1.82) is 0 Å². The van der Waals surface area contributed by atoms with E-state index in [4.69, 9.17) is 0 Å². The Hall–Kier alpha value is -4.28. The number of nitrogens with zero attached hydrogens (tertiary/aromatic N) is 3. The topological polar surface area (TPSA) is 114 Å². The summed E-state index contributed by atoms with van der Waals surface area (Å²) in [7, 11) is 0. The number of hydrogen-bond donors (Lipinski definition) is 2. The van der Waals surface area contributed by atoms with E-state index in [1.54, 1.807) is 26.1 Å². The van der Waals surface area contributed by atoms with Crippen LogP contribution in [0.2, 0.25) is 0 Å². The van der Waals surface area contributed by atoms with Gasteiger partial charge in [0.25, 0.3) is 5.69 Å². The van der Waals surface area contributed by atoms with E-state index in [1.807, 2.05) is 19.1 Å². The molecule has 0 fully saturated rings. The highest BCUT2D eigenvalue weighted by atomic mass is 19.4. The lowest BCUT2D eigenvalue weighted by atomic mass is 9.99. The second-order valence-electron chi connectivity index (χ2n) is 8.18.